The summed E-state index contributed by atoms with van der Waals surface area (Å²) in [6.45, 7) is 0. The van der Waals surface area contributed by atoms with Gasteiger partial charge in [-0.1, -0.05) is 36.4 Å². The van der Waals surface area contributed by atoms with Gasteiger partial charge in [0.2, 0.25) is 0 Å². The van der Waals surface area contributed by atoms with Crippen molar-refractivity contribution in [2.75, 3.05) is 5.32 Å². The number of benzene rings is 2. The molecule has 19 heavy (non-hydrogen) atoms. The highest BCUT2D eigenvalue weighted by atomic mass is 14.9. The van der Waals surface area contributed by atoms with E-state index in [2.05, 4.69) is 34.6 Å². The highest BCUT2D eigenvalue weighted by Gasteiger charge is 1.98. The third-order valence-electron chi connectivity index (χ3n) is 2.91. The Bertz CT molecular complexity index is 631. The quantitative estimate of drug-likeness (QED) is 0.736. The van der Waals surface area contributed by atoms with Crippen LogP contribution in [0.4, 0.5) is 11.4 Å². The van der Waals surface area contributed by atoms with Crippen LogP contribution in [0.1, 0.15) is 0 Å². The number of nitrogens with zero attached hydrogens (tertiary/aromatic N) is 1. The molecule has 2 aromatic carbocycles. The number of hydrogen-bond donors (Lipinski definition) is 1. The third kappa shape index (κ3) is 2.80. The second-order valence-corrected chi connectivity index (χ2v) is 4.28. The fraction of sp³-hybridized carbons (Fsp3) is 0. The summed E-state index contributed by atoms with van der Waals surface area (Å²) in [5.41, 5.74) is 4.28. The maximum Gasteiger partial charge on any atom is 0.0701 e. The minimum absolute atomic E-state index is 0.994. The van der Waals surface area contributed by atoms with Gasteiger partial charge in [-0.3, -0.25) is 4.98 Å². The normalized spacial score (nSPS) is 10.1. The summed E-state index contributed by atoms with van der Waals surface area (Å²) < 4.78 is 0. The lowest BCUT2D eigenvalue weighted by molar-refractivity contribution is 1.33. The maximum absolute atomic E-state index is 4.34. The van der Waals surface area contributed by atoms with Crippen molar-refractivity contribution in [2.45, 2.75) is 0 Å². The van der Waals surface area contributed by atoms with Crippen molar-refractivity contribution in [1.82, 2.24) is 4.98 Å². The van der Waals surface area contributed by atoms with E-state index in [1.807, 2.05) is 54.7 Å². The Morgan fingerprint density at radius 1 is 0.632 bits per heavy atom. The van der Waals surface area contributed by atoms with E-state index in [1.54, 1.807) is 0 Å². The van der Waals surface area contributed by atoms with Crippen LogP contribution in [0, 0.1) is 0 Å². The minimum Gasteiger partial charge on any atom is -0.356 e. The molecule has 0 aliphatic carbocycles. The Morgan fingerprint density at radius 3 is 2.00 bits per heavy atom. The van der Waals surface area contributed by atoms with Crippen molar-refractivity contribution < 1.29 is 0 Å². The molecule has 0 atom stereocenters. The number of rotatable bonds is 3. The molecular weight excluding hydrogens is 232 g/mol. The van der Waals surface area contributed by atoms with Crippen LogP contribution < -0.4 is 5.32 Å². The summed E-state index contributed by atoms with van der Waals surface area (Å²) in [4.78, 5) is 4.34. The zero-order valence-corrected chi connectivity index (χ0v) is 10.5. The van der Waals surface area contributed by atoms with Crippen molar-refractivity contribution in [3.8, 4) is 11.3 Å². The summed E-state index contributed by atoms with van der Waals surface area (Å²) in [5.74, 6) is 0. The molecule has 0 unspecified atom stereocenters. The van der Waals surface area contributed by atoms with Gasteiger partial charge in [0.05, 0.1) is 5.69 Å². The number of anilines is 2. The number of hydrogen-bond acceptors (Lipinski definition) is 2. The standard InChI is InChI=1S/C17H14N2/c1-2-6-15(7-3-1)19-16-11-9-14(10-12-16)17-8-4-5-13-18-17/h1-13,19H. The van der Waals surface area contributed by atoms with Crippen LogP contribution in [0.15, 0.2) is 79.0 Å². The van der Waals surface area contributed by atoms with Gasteiger partial charge in [0.15, 0.2) is 0 Å². The zero-order chi connectivity index (χ0) is 12.9. The smallest absolute Gasteiger partial charge is 0.0701 e. The van der Waals surface area contributed by atoms with Gasteiger partial charge in [-0.05, 0) is 36.4 Å². The van der Waals surface area contributed by atoms with E-state index in [0.29, 0.717) is 0 Å². The molecule has 0 bridgehead atoms. The van der Waals surface area contributed by atoms with Crippen LogP contribution >= 0.6 is 0 Å². The van der Waals surface area contributed by atoms with Crippen LogP contribution in [-0.4, -0.2) is 4.98 Å². The van der Waals surface area contributed by atoms with Crippen molar-refractivity contribution >= 4 is 11.4 Å². The fourth-order valence-electron chi connectivity index (χ4n) is 1.95. The lowest BCUT2D eigenvalue weighted by atomic mass is 10.1. The van der Waals surface area contributed by atoms with E-state index < -0.39 is 0 Å². The molecule has 0 radical (unpaired) electrons. The molecule has 0 aliphatic heterocycles. The van der Waals surface area contributed by atoms with Crippen LogP contribution in [0.2, 0.25) is 0 Å². The molecule has 2 heteroatoms. The molecule has 0 aliphatic rings. The van der Waals surface area contributed by atoms with E-state index >= 15 is 0 Å². The Morgan fingerprint density at radius 2 is 1.32 bits per heavy atom. The summed E-state index contributed by atoms with van der Waals surface area (Å²) >= 11 is 0. The molecule has 92 valence electrons. The molecule has 0 saturated heterocycles. The summed E-state index contributed by atoms with van der Waals surface area (Å²) in [7, 11) is 0. The molecule has 0 saturated carbocycles. The van der Waals surface area contributed by atoms with E-state index in [0.717, 1.165) is 22.6 Å². The van der Waals surface area contributed by atoms with Gasteiger partial charge in [-0.2, -0.15) is 0 Å². The van der Waals surface area contributed by atoms with E-state index in [1.165, 1.54) is 0 Å². The Labute approximate surface area is 112 Å². The van der Waals surface area contributed by atoms with Crippen LogP contribution in [0.3, 0.4) is 0 Å². The second-order valence-electron chi connectivity index (χ2n) is 4.28. The summed E-state index contributed by atoms with van der Waals surface area (Å²) in [6, 6.07) is 24.4. The molecule has 3 rings (SSSR count). The summed E-state index contributed by atoms with van der Waals surface area (Å²) in [5, 5.41) is 3.36. The Balaban J connectivity index is 1.80. The molecule has 2 nitrogen and oxygen atoms in total. The lowest BCUT2D eigenvalue weighted by Gasteiger charge is -2.07. The Hall–Kier alpha value is -2.61. The highest BCUT2D eigenvalue weighted by molar-refractivity contribution is 5.66. The van der Waals surface area contributed by atoms with E-state index in [9.17, 15) is 0 Å². The topological polar surface area (TPSA) is 24.9 Å². The minimum atomic E-state index is 0.994. The molecular formula is C17H14N2. The van der Waals surface area contributed by atoms with Gasteiger partial charge in [-0.25, -0.2) is 0 Å². The van der Waals surface area contributed by atoms with Gasteiger partial charge in [0, 0.05) is 23.1 Å². The molecule has 1 aromatic heterocycles. The van der Waals surface area contributed by atoms with Crippen molar-refractivity contribution in [1.29, 1.82) is 0 Å². The average Bonchev–Trinajstić information content (AvgIpc) is 2.50. The van der Waals surface area contributed by atoms with E-state index in [4.69, 9.17) is 0 Å². The van der Waals surface area contributed by atoms with Crippen LogP contribution in [0.25, 0.3) is 11.3 Å². The molecule has 3 aromatic rings. The fourth-order valence-corrected chi connectivity index (χ4v) is 1.95. The van der Waals surface area contributed by atoms with Crippen molar-refractivity contribution in [3.05, 3.63) is 79.0 Å². The SMILES string of the molecule is c1ccc(Nc2ccc(-c3ccccn3)cc2)cc1. The third-order valence-corrected chi connectivity index (χ3v) is 2.91. The van der Waals surface area contributed by atoms with Gasteiger partial charge < -0.3 is 5.32 Å². The predicted molar refractivity (Wildman–Crippen MR) is 79.4 cm³/mol. The molecule has 0 amide bonds. The van der Waals surface area contributed by atoms with Crippen molar-refractivity contribution in [2.24, 2.45) is 0 Å². The number of pyridine rings is 1. The number of para-hydroxylation sites is 1. The lowest BCUT2D eigenvalue weighted by Crippen LogP contribution is -1.89. The van der Waals surface area contributed by atoms with Crippen molar-refractivity contribution in [3.63, 3.8) is 0 Å². The maximum atomic E-state index is 4.34. The van der Waals surface area contributed by atoms with Gasteiger partial charge >= 0.3 is 0 Å². The highest BCUT2D eigenvalue weighted by Crippen LogP contribution is 2.21. The zero-order valence-electron chi connectivity index (χ0n) is 10.5. The first-order valence-electron chi connectivity index (χ1n) is 6.25. The first kappa shape index (κ1) is 11.5. The second kappa shape index (κ2) is 5.36. The Kier molecular flexibility index (Phi) is 3.24. The first-order valence-corrected chi connectivity index (χ1v) is 6.25. The molecule has 1 N–H and O–H groups in total. The van der Waals surface area contributed by atoms with Crippen LogP contribution in [0.5, 0.6) is 0 Å². The summed E-state index contributed by atoms with van der Waals surface area (Å²) in [6.07, 6.45) is 1.81. The van der Waals surface area contributed by atoms with Gasteiger partial charge in [-0.15, -0.1) is 0 Å². The predicted octanol–water partition coefficient (Wildman–Crippen LogP) is 4.49. The first-order chi connectivity index (χ1) is 9.42. The van der Waals surface area contributed by atoms with Gasteiger partial charge in [0.1, 0.15) is 0 Å². The molecule has 1 heterocycles. The van der Waals surface area contributed by atoms with E-state index in [-0.39, 0.29) is 0 Å². The number of aromatic nitrogens is 1. The largest absolute Gasteiger partial charge is 0.356 e. The molecule has 0 fully saturated rings. The molecule has 0 spiro atoms. The monoisotopic (exact) mass is 246 g/mol. The van der Waals surface area contributed by atoms with Gasteiger partial charge in [0.25, 0.3) is 0 Å². The van der Waals surface area contributed by atoms with Crippen LogP contribution in [-0.2, 0) is 0 Å². The average molecular weight is 246 g/mol. The number of nitrogens with one attached hydrogen (secondary N) is 1.